The summed E-state index contributed by atoms with van der Waals surface area (Å²) in [6.07, 6.45) is 1.97. The summed E-state index contributed by atoms with van der Waals surface area (Å²) in [5.74, 6) is 0.394. The van der Waals surface area contributed by atoms with E-state index in [4.69, 9.17) is 4.74 Å². The highest BCUT2D eigenvalue weighted by molar-refractivity contribution is 5.85. The van der Waals surface area contributed by atoms with Crippen LogP contribution in [0.25, 0.3) is 0 Å². The molecule has 0 saturated carbocycles. The number of ether oxygens (including phenoxy) is 1. The Kier molecular flexibility index (Phi) is 4.69. The Morgan fingerprint density at radius 2 is 1.96 bits per heavy atom. The number of halogens is 1. The zero-order chi connectivity index (χ0) is 19.9. The van der Waals surface area contributed by atoms with Gasteiger partial charge in [0.1, 0.15) is 5.82 Å². The fourth-order valence-electron chi connectivity index (χ4n) is 4.30. The monoisotopic (exact) mass is 387 g/mol. The van der Waals surface area contributed by atoms with Crippen molar-refractivity contribution in [3.63, 3.8) is 0 Å². The maximum atomic E-state index is 14.3. The molecular weight excluding hydrogens is 361 g/mol. The van der Waals surface area contributed by atoms with Gasteiger partial charge in [-0.25, -0.2) is 9.07 Å². The first-order valence-electron chi connectivity index (χ1n) is 9.73. The summed E-state index contributed by atoms with van der Waals surface area (Å²) in [6.45, 7) is 7.40. The van der Waals surface area contributed by atoms with Crippen LogP contribution in [-0.4, -0.2) is 44.2 Å². The summed E-state index contributed by atoms with van der Waals surface area (Å²) in [4.78, 5) is 15.3. The molecule has 1 aromatic heterocycles. The third-order valence-corrected chi connectivity index (χ3v) is 5.85. The third kappa shape index (κ3) is 3.19. The molecule has 2 aliphatic rings. The lowest BCUT2D eigenvalue weighted by Crippen LogP contribution is -2.39. The lowest BCUT2D eigenvalue weighted by Gasteiger charge is -2.31. The van der Waals surface area contributed by atoms with Crippen LogP contribution in [0, 0.1) is 11.2 Å². The van der Waals surface area contributed by atoms with E-state index in [1.165, 1.54) is 6.07 Å². The van der Waals surface area contributed by atoms with Crippen molar-refractivity contribution >= 4 is 5.91 Å². The molecule has 1 atom stereocenters. The Morgan fingerprint density at radius 1 is 1.25 bits per heavy atom. The number of nitrogens with zero attached hydrogens (tertiary/aromatic N) is 5. The highest BCUT2D eigenvalue weighted by Crippen LogP contribution is 2.50. The Balaban J connectivity index is 1.75. The molecule has 1 unspecified atom stereocenters. The Hall–Kier alpha value is -2.35. The number of carbonyl (C=O) groups excluding carboxylic acids is 1. The fourth-order valence-corrected chi connectivity index (χ4v) is 4.30. The minimum Gasteiger partial charge on any atom is -0.381 e. The van der Waals surface area contributed by atoms with Crippen LogP contribution in [0.4, 0.5) is 4.39 Å². The van der Waals surface area contributed by atoms with Crippen molar-refractivity contribution < 1.29 is 13.9 Å². The van der Waals surface area contributed by atoms with Crippen LogP contribution in [0.2, 0.25) is 0 Å². The molecule has 2 aliphatic heterocycles. The van der Waals surface area contributed by atoms with Crippen LogP contribution in [0.15, 0.2) is 24.3 Å². The number of benzene rings is 1. The van der Waals surface area contributed by atoms with Crippen molar-refractivity contribution in [3.8, 4) is 0 Å². The normalized spacial score (nSPS) is 22.2. The number of carbonyl (C=O) groups is 1. The molecule has 28 heavy (non-hydrogen) atoms. The van der Waals surface area contributed by atoms with E-state index in [2.05, 4.69) is 15.5 Å². The van der Waals surface area contributed by atoms with Gasteiger partial charge in [0.2, 0.25) is 5.91 Å². The minimum atomic E-state index is -0.483. The molecule has 8 heteroatoms. The quantitative estimate of drug-likeness (QED) is 0.810. The highest BCUT2D eigenvalue weighted by Gasteiger charge is 2.54. The van der Waals surface area contributed by atoms with Crippen LogP contribution in [0.1, 0.15) is 57.5 Å². The molecule has 0 aliphatic carbocycles. The first-order valence-corrected chi connectivity index (χ1v) is 9.73. The minimum absolute atomic E-state index is 0.0486. The second-order valence-electron chi connectivity index (χ2n) is 8.76. The van der Waals surface area contributed by atoms with E-state index in [9.17, 15) is 9.18 Å². The number of amides is 1. The molecule has 1 spiro atoms. The maximum Gasteiger partial charge on any atom is 0.229 e. The van der Waals surface area contributed by atoms with Gasteiger partial charge in [-0.2, -0.15) is 0 Å². The van der Waals surface area contributed by atoms with Gasteiger partial charge in [0.15, 0.2) is 5.82 Å². The van der Waals surface area contributed by atoms with E-state index in [1.807, 2.05) is 20.8 Å². The predicted octanol–water partition coefficient (Wildman–Crippen LogP) is 2.84. The van der Waals surface area contributed by atoms with E-state index < -0.39 is 5.41 Å². The second kappa shape index (κ2) is 6.92. The topological polar surface area (TPSA) is 73.1 Å². The van der Waals surface area contributed by atoms with Gasteiger partial charge < -0.3 is 9.64 Å². The molecule has 1 amide bonds. The van der Waals surface area contributed by atoms with Crippen LogP contribution < -0.4 is 0 Å². The molecule has 4 rings (SSSR count). The largest absolute Gasteiger partial charge is 0.381 e. The number of aromatic nitrogens is 4. The van der Waals surface area contributed by atoms with Crippen molar-refractivity contribution in [2.45, 2.75) is 58.2 Å². The molecule has 2 aromatic rings. The fraction of sp³-hybridized carbons (Fsp3) is 0.600. The van der Waals surface area contributed by atoms with E-state index in [0.717, 1.165) is 0 Å². The predicted molar refractivity (Wildman–Crippen MR) is 99.6 cm³/mol. The number of rotatable bonds is 3. The summed E-state index contributed by atoms with van der Waals surface area (Å²) in [7, 11) is 0. The smallest absolute Gasteiger partial charge is 0.229 e. The van der Waals surface area contributed by atoms with E-state index >= 15 is 0 Å². The lowest BCUT2D eigenvalue weighted by atomic mass is 9.77. The molecule has 150 valence electrons. The molecule has 0 N–H and O–H groups in total. The number of likely N-dealkylation sites (tertiary alicyclic amines) is 1. The molecule has 0 bridgehead atoms. The highest BCUT2D eigenvalue weighted by atomic mass is 19.1. The summed E-state index contributed by atoms with van der Waals surface area (Å²) >= 11 is 0. The lowest BCUT2D eigenvalue weighted by molar-refractivity contribution is -0.141. The van der Waals surface area contributed by atoms with Gasteiger partial charge in [0, 0.05) is 25.3 Å². The van der Waals surface area contributed by atoms with Gasteiger partial charge in [-0.05, 0) is 56.5 Å². The zero-order valence-electron chi connectivity index (χ0n) is 16.6. The number of tetrazole rings is 1. The summed E-state index contributed by atoms with van der Waals surface area (Å²) < 4.78 is 21.6. The zero-order valence-corrected chi connectivity index (χ0v) is 16.6. The molecule has 0 radical (unpaired) electrons. The maximum absolute atomic E-state index is 14.3. The Morgan fingerprint density at radius 3 is 2.64 bits per heavy atom. The van der Waals surface area contributed by atoms with Crippen LogP contribution in [0.3, 0.4) is 0 Å². The molecule has 3 heterocycles. The Labute approximate surface area is 163 Å². The first kappa shape index (κ1) is 19.0. The van der Waals surface area contributed by atoms with Gasteiger partial charge in [0.05, 0.1) is 17.0 Å². The van der Waals surface area contributed by atoms with Crippen molar-refractivity contribution in [1.82, 2.24) is 25.1 Å². The molecule has 2 fully saturated rings. The average molecular weight is 387 g/mol. The van der Waals surface area contributed by atoms with Crippen molar-refractivity contribution in [3.05, 3.63) is 41.5 Å². The SMILES string of the molecule is CC(C)(C)n1nnnc1C1CC2(CCOCC2)C(=O)N1Cc1ccccc1F. The van der Waals surface area contributed by atoms with E-state index in [0.29, 0.717) is 43.9 Å². The van der Waals surface area contributed by atoms with Crippen molar-refractivity contribution in [1.29, 1.82) is 0 Å². The molecule has 2 saturated heterocycles. The number of hydrogen-bond donors (Lipinski definition) is 0. The van der Waals surface area contributed by atoms with Crippen LogP contribution in [0.5, 0.6) is 0 Å². The van der Waals surface area contributed by atoms with Gasteiger partial charge >= 0.3 is 0 Å². The third-order valence-electron chi connectivity index (χ3n) is 5.85. The standard InChI is InChI=1S/C20H26FN5O2/c1-19(2,3)26-17(22-23-24-26)16-12-20(8-10-28-11-9-20)18(27)25(16)13-14-6-4-5-7-15(14)21/h4-7,16H,8-13H2,1-3H3. The molecular formula is C20H26FN5O2. The second-order valence-corrected chi connectivity index (χ2v) is 8.76. The molecule has 1 aromatic carbocycles. The summed E-state index contributed by atoms with van der Waals surface area (Å²) in [5, 5.41) is 12.3. The van der Waals surface area contributed by atoms with Gasteiger partial charge in [-0.3, -0.25) is 4.79 Å². The van der Waals surface area contributed by atoms with Crippen molar-refractivity contribution in [2.75, 3.05) is 13.2 Å². The van der Waals surface area contributed by atoms with Gasteiger partial charge in [-0.15, -0.1) is 5.10 Å². The van der Waals surface area contributed by atoms with Gasteiger partial charge in [0.25, 0.3) is 0 Å². The van der Waals surface area contributed by atoms with E-state index in [-0.39, 0.29) is 29.8 Å². The first-order chi connectivity index (χ1) is 13.3. The molecule has 7 nitrogen and oxygen atoms in total. The van der Waals surface area contributed by atoms with Gasteiger partial charge in [-0.1, -0.05) is 18.2 Å². The average Bonchev–Trinajstić information content (AvgIpc) is 3.24. The van der Waals surface area contributed by atoms with Crippen LogP contribution in [-0.2, 0) is 21.6 Å². The van der Waals surface area contributed by atoms with Crippen LogP contribution >= 0.6 is 0 Å². The summed E-state index contributed by atoms with van der Waals surface area (Å²) in [5.41, 5.74) is -0.306. The number of hydrogen-bond acceptors (Lipinski definition) is 5. The van der Waals surface area contributed by atoms with E-state index in [1.54, 1.807) is 27.8 Å². The Bertz CT molecular complexity index is 869. The van der Waals surface area contributed by atoms with Crippen molar-refractivity contribution in [2.24, 2.45) is 5.41 Å². The summed E-state index contributed by atoms with van der Waals surface area (Å²) in [6, 6.07) is 6.30.